The zero-order valence-electron chi connectivity index (χ0n) is 11.9. The number of ether oxygens (including phenoxy) is 1. The van der Waals surface area contributed by atoms with Crippen molar-refractivity contribution in [2.24, 2.45) is 0 Å². The van der Waals surface area contributed by atoms with Crippen molar-refractivity contribution in [1.29, 1.82) is 0 Å². The Bertz CT molecular complexity index is 883. The fraction of sp³-hybridized carbons (Fsp3) is 0.0769. The van der Waals surface area contributed by atoms with Crippen LogP contribution in [-0.2, 0) is 10.7 Å². The van der Waals surface area contributed by atoms with Crippen molar-refractivity contribution in [3.63, 3.8) is 0 Å². The van der Waals surface area contributed by atoms with E-state index in [1.165, 1.54) is 0 Å². The van der Waals surface area contributed by atoms with Crippen molar-refractivity contribution in [2.45, 2.75) is 6.18 Å². The molecule has 2 aromatic carbocycles. The van der Waals surface area contributed by atoms with Crippen molar-refractivity contribution in [3.8, 4) is 11.5 Å². The van der Waals surface area contributed by atoms with Crippen LogP contribution < -0.4 is 10.0 Å². The Labute approximate surface area is 142 Å². The molecule has 0 saturated carbocycles. The van der Waals surface area contributed by atoms with E-state index in [-0.39, 0.29) is 11.5 Å². The molecule has 0 unspecified atom stereocenters. The highest BCUT2D eigenvalue weighted by molar-refractivity contribution is 7.60. The molecule has 0 radical (unpaired) electrons. The molecular formula is C13H8ClF3NO6P. The van der Waals surface area contributed by atoms with Crippen LogP contribution in [0.1, 0.15) is 5.56 Å². The number of hydrogen-bond acceptors (Lipinski definition) is 4. The second-order valence-electron chi connectivity index (χ2n) is 4.70. The normalized spacial score (nSPS) is 12.1. The molecule has 2 aromatic rings. The van der Waals surface area contributed by atoms with E-state index in [1.54, 1.807) is 0 Å². The Morgan fingerprint density at radius 1 is 1.16 bits per heavy atom. The first kappa shape index (κ1) is 19.2. The number of benzene rings is 2. The minimum absolute atomic E-state index is 0.222. The van der Waals surface area contributed by atoms with Gasteiger partial charge in [-0.15, -0.1) is 0 Å². The Hall–Kier alpha value is -2.13. The van der Waals surface area contributed by atoms with Crippen LogP contribution in [0.25, 0.3) is 0 Å². The minimum Gasteiger partial charge on any atom is -0.456 e. The molecule has 25 heavy (non-hydrogen) atoms. The molecule has 12 heteroatoms. The van der Waals surface area contributed by atoms with E-state index in [2.05, 4.69) is 0 Å². The topological polar surface area (TPSA) is 110 Å². The predicted molar refractivity (Wildman–Crippen MR) is 81.3 cm³/mol. The Kier molecular flexibility index (Phi) is 5.10. The molecule has 0 fully saturated rings. The fourth-order valence-electron chi connectivity index (χ4n) is 1.84. The highest BCUT2D eigenvalue weighted by Gasteiger charge is 2.32. The van der Waals surface area contributed by atoms with Crippen LogP contribution in [0.15, 0.2) is 36.4 Å². The van der Waals surface area contributed by atoms with E-state index in [4.69, 9.17) is 16.3 Å². The predicted octanol–water partition coefficient (Wildman–Crippen LogP) is 3.86. The standard InChI is InChI=1S/C13H8ClF3NO6P/c14-9-5-7(13(15,16)17)1-4-11(9)24-8-2-3-10(18(19)20)12(6-8)25(21,22)23/h1-6H,(H2,21,22,23). The van der Waals surface area contributed by atoms with Gasteiger partial charge in [0, 0.05) is 12.1 Å². The summed E-state index contributed by atoms with van der Waals surface area (Å²) in [5, 5.41) is 9.53. The van der Waals surface area contributed by atoms with E-state index < -0.39 is 40.3 Å². The molecule has 2 N–H and O–H groups in total. The van der Waals surface area contributed by atoms with Gasteiger partial charge in [-0.1, -0.05) is 11.6 Å². The molecule has 0 spiro atoms. The van der Waals surface area contributed by atoms with Crippen molar-refractivity contribution in [1.82, 2.24) is 0 Å². The third-order valence-corrected chi connectivity index (χ3v) is 4.23. The molecule has 0 amide bonds. The Morgan fingerprint density at radius 2 is 1.80 bits per heavy atom. The monoisotopic (exact) mass is 397 g/mol. The van der Waals surface area contributed by atoms with Crippen LogP contribution in [-0.4, -0.2) is 14.7 Å². The molecule has 2 rings (SSSR count). The third-order valence-electron chi connectivity index (χ3n) is 2.94. The molecule has 0 heterocycles. The molecule has 0 aliphatic carbocycles. The van der Waals surface area contributed by atoms with E-state index in [0.29, 0.717) is 12.1 Å². The molecule has 7 nitrogen and oxygen atoms in total. The van der Waals surface area contributed by atoms with Gasteiger partial charge in [-0.25, -0.2) is 0 Å². The largest absolute Gasteiger partial charge is 0.456 e. The van der Waals surface area contributed by atoms with Crippen molar-refractivity contribution in [3.05, 3.63) is 57.1 Å². The molecule has 134 valence electrons. The smallest absolute Gasteiger partial charge is 0.416 e. The van der Waals surface area contributed by atoms with Gasteiger partial charge in [0.15, 0.2) is 0 Å². The van der Waals surface area contributed by atoms with Gasteiger partial charge in [0.05, 0.1) is 15.5 Å². The summed E-state index contributed by atoms with van der Waals surface area (Å²) >= 11 is 5.71. The first-order valence-corrected chi connectivity index (χ1v) is 8.28. The van der Waals surface area contributed by atoms with Crippen LogP contribution in [0.4, 0.5) is 18.9 Å². The van der Waals surface area contributed by atoms with Crippen LogP contribution in [0.5, 0.6) is 11.5 Å². The number of nitro groups is 1. The summed E-state index contributed by atoms with van der Waals surface area (Å²) in [7, 11) is -4.99. The lowest BCUT2D eigenvalue weighted by Crippen LogP contribution is -2.10. The molecule has 0 saturated heterocycles. The van der Waals surface area contributed by atoms with E-state index >= 15 is 0 Å². The number of rotatable bonds is 4. The van der Waals surface area contributed by atoms with Crippen molar-refractivity contribution >= 4 is 30.2 Å². The van der Waals surface area contributed by atoms with Gasteiger partial charge < -0.3 is 14.5 Å². The molecule has 0 bridgehead atoms. The molecule has 0 aliphatic heterocycles. The van der Waals surface area contributed by atoms with E-state index in [1.807, 2.05) is 0 Å². The lowest BCUT2D eigenvalue weighted by molar-refractivity contribution is -0.383. The molecular weight excluding hydrogens is 390 g/mol. The molecule has 0 aliphatic rings. The lowest BCUT2D eigenvalue weighted by atomic mass is 10.2. The Balaban J connectivity index is 2.42. The van der Waals surface area contributed by atoms with Gasteiger partial charge in [0.1, 0.15) is 16.8 Å². The molecule has 0 aromatic heterocycles. The maximum atomic E-state index is 12.6. The Morgan fingerprint density at radius 3 is 2.28 bits per heavy atom. The quantitative estimate of drug-likeness (QED) is 0.460. The van der Waals surface area contributed by atoms with Crippen LogP contribution >= 0.6 is 19.2 Å². The average molecular weight is 398 g/mol. The van der Waals surface area contributed by atoms with Gasteiger partial charge in [-0.3, -0.25) is 14.7 Å². The minimum atomic E-state index is -4.99. The zero-order valence-corrected chi connectivity index (χ0v) is 13.5. The summed E-state index contributed by atoms with van der Waals surface area (Å²) in [6.45, 7) is 0. The number of nitro benzene ring substituents is 1. The summed E-state index contributed by atoms with van der Waals surface area (Å²) in [6, 6.07) is 4.81. The van der Waals surface area contributed by atoms with Gasteiger partial charge >= 0.3 is 13.8 Å². The lowest BCUT2D eigenvalue weighted by Gasteiger charge is -2.12. The van der Waals surface area contributed by atoms with Gasteiger partial charge in [-0.2, -0.15) is 13.2 Å². The maximum absolute atomic E-state index is 12.6. The third kappa shape index (κ3) is 4.49. The SMILES string of the molecule is O=[N+]([O-])c1ccc(Oc2ccc(C(F)(F)F)cc2Cl)cc1P(=O)(O)O. The van der Waals surface area contributed by atoms with Gasteiger partial charge in [-0.05, 0) is 24.3 Å². The molecule has 0 atom stereocenters. The van der Waals surface area contributed by atoms with E-state index in [0.717, 1.165) is 24.3 Å². The number of nitrogens with zero attached hydrogens (tertiary/aromatic N) is 1. The highest BCUT2D eigenvalue weighted by Crippen LogP contribution is 2.40. The second kappa shape index (κ2) is 6.64. The highest BCUT2D eigenvalue weighted by atomic mass is 35.5. The number of alkyl halides is 3. The van der Waals surface area contributed by atoms with Gasteiger partial charge in [0.2, 0.25) is 0 Å². The fourth-order valence-corrected chi connectivity index (χ4v) is 2.81. The van der Waals surface area contributed by atoms with Crippen molar-refractivity contribution < 1.29 is 37.2 Å². The van der Waals surface area contributed by atoms with Crippen LogP contribution in [0.3, 0.4) is 0 Å². The summed E-state index contributed by atoms with van der Waals surface area (Å²) < 4.78 is 54.3. The summed E-state index contributed by atoms with van der Waals surface area (Å²) in [5.74, 6) is -0.467. The average Bonchev–Trinajstić information content (AvgIpc) is 2.47. The van der Waals surface area contributed by atoms with E-state index in [9.17, 15) is 37.6 Å². The zero-order chi connectivity index (χ0) is 19.0. The van der Waals surface area contributed by atoms with Crippen LogP contribution in [0.2, 0.25) is 5.02 Å². The summed E-state index contributed by atoms with van der Waals surface area (Å²) in [5.41, 5.74) is -1.83. The number of hydrogen-bond donors (Lipinski definition) is 2. The first-order valence-electron chi connectivity index (χ1n) is 6.29. The first-order chi connectivity index (χ1) is 11.4. The van der Waals surface area contributed by atoms with Crippen molar-refractivity contribution in [2.75, 3.05) is 0 Å². The second-order valence-corrected chi connectivity index (χ2v) is 6.67. The summed E-state index contributed by atoms with van der Waals surface area (Å²) in [4.78, 5) is 28.2. The number of halogens is 4. The summed E-state index contributed by atoms with van der Waals surface area (Å²) in [6.07, 6.45) is -4.61. The van der Waals surface area contributed by atoms with Crippen LogP contribution in [0, 0.1) is 10.1 Å². The maximum Gasteiger partial charge on any atom is 0.416 e. The van der Waals surface area contributed by atoms with Gasteiger partial charge in [0.25, 0.3) is 5.69 Å².